The first-order valence-electron chi connectivity index (χ1n) is 6.17. The lowest BCUT2D eigenvalue weighted by atomic mass is 10.1. The van der Waals surface area contributed by atoms with Crippen LogP contribution in [0.25, 0.3) is 0 Å². The number of rotatable bonds is 7. The van der Waals surface area contributed by atoms with Crippen LogP contribution in [0, 0.1) is 0 Å². The second kappa shape index (κ2) is 7.48. The van der Waals surface area contributed by atoms with E-state index in [0.717, 1.165) is 12.0 Å². The van der Waals surface area contributed by atoms with Crippen LogP contribution >= 0.6 is 0 Å². The van der Waals surface area contributed by atoms with Crippen LogP contribution in [0.2, 0.25) is 0 Å². The van der Waals surface area contributed by atoms with E-state index in [2.05, 4.69) is 0 Å². The fraction of sp³-hybridized carbons (Fsp3) is 0.429. The average molecular weight is 249 g/mol. The Bertz CT molecular complexity index is 389. The molecule has 0 radical (unpaired) electrons. The molecule has 0 saturated carbocycles. The van der Waals surface area contributed by atoms with Crippen LogP contribution in [-0.4, -0.2) is 28.4 Å². The highest BCUT2D eigenvalue weighted by molar-refractivity contribution is 5.79. The summed E-state index contributed by atoms with van der Waals surface area (Å²) in [5, 5.41) is 9.09. The van der Waals surface area contributed by atoms with Crippen molar-refractivity contribution in [3.05, 3.63) is 35.9 Å². The van der Waals surface area contributed by atoms with Gasteiger partial charge in [0.2, 0.25) is 0 Å². The number of Topliss-reactive ketones (excluding diaryl/α,β-unsaturated/α-hetero) is 1. The van der Waals surface area contributed by atoms with Crippen molar-refractivity contribution in [2.45, 2.75) is 32.7 Å². The molecule has 0 aromatic heterocycles. The van der Waals surface area contributed by atoms with Gasteiger partial charge in [-0.15, -0.1) is 0 Å². The second-order valence-corrected chi connectivity index (χ2v) is 4.23. The average Bonchev–Trinajstić information content (AvgIpc) is 2.35. The van der Waals surface area contributed by atoms with Crippen LogP contribution in [0.1, 0.15) is 31.7 Å². The monoisotopic (exact) mass is 249 g/mol. The molecule has 0 bridgehead atoms. The molecule has 0 saturated heterocycles. The summed E-state index contributed by atoms with van der Waals surface area (Å²) in [6.45, 7) is 2.54. The van der Waals surface area contributed by atoms with Gasteiger partial charge in [0, 0.05) is 25.9 Å². The number of amides is 1. The van der Waals surface area contributed by atoms with Gasteiger partial charge in [0.15, 0.2) is 0 Å². The molecule has 98 valence electrons. The number of carbonyl (C=O) groups is 2. The van der Waals surface area contributed by atoms with E-state index in [1.807, 2.05) is 37.3 Å². The third-order valence-electron chi connectivity index (χ3n) is 2.68. The lowest BCUT2D eigenvalue weighted by Gasteiger charge is -2.18. The van der Waals surface area contributed by atoms with Crippen molar-refractivity contribution in [3.63, 3.8) is 0 Å². The normalized spacial score (nSPS) is 10.1. The molecule has 4 nitrogen and oxygen atoms in total. The SMILES string of the molecule is CCCC(=O)CCN(Cc1ccccc1)C(=O)O. The zero-order valence-corrected chi connectivity index (χ0v) is 10.6. The van der Waals surface area contributed by atoms with Crippen LogP contribution in [0.15, 0.2) is 30.3 Å². The van der Waals surface area contributed by atoms with E-state index in [1.54, 1.807) is 0 Å². The first kappa shape index (κ1) is 14.2. The first-order chi connectivity index (χ1) is 8.63. The van der Waals surface area contributed by atoms with Gasteiger partial charge in [-0.3, -0.25) is 4.79 Å². The van der Waals surface area contributed by atoms with Crippen LogP contribution in [-0.2, 0) is 11.3 Å². The molecule has 18 heavy (non-hydrogen) atoms. The maximum Gasteiger partial charge on any atom is 0.407 e. The highest BCUT2D eigenvalue weighted by Crippen LogP contribution is 2.06. The predicted octanol–water partition coefficient (Wildman–Crippen LogP) is 2.93. The Kier molecular flexibility index (Phi) is 5.91. The molecule has 1 aromatic rings. The highest BCUT2D eigenvalue weighted by Gasteiger charge is 2.13. The van der Waals surface area contributed by atoms with Gasteiger partial charge in [-0.2, -0.15) is 0 Å². The molecule has 1 N–H and O–H groups in total. The summed E-state index contributed by atoms with van der Waals surface area (Å²) in [7, 11) is 0. The Balaban J connectivity index is 2.51. The Hall–Kier alpha value is -1.84. The van der Waals surface area contributed by atoms with E-state index in [0.29, 0.717) is 19.4 Å². The predicted molar refractivity (Wildman–Crippen MR) is 69.4 cm³/mol. The molecule has 0 aliphatic carbocycles. The van der Waals surface area contributed by atoms with Gasteiger partial charge < -0.3 is 10.0 Å². The topological polar surface area (TPSA) is 57.6 Å². The van der Waals surface area contributed by atoms with Crippen molar-refractivity contribution in [1.29, 1.82) is 0 Å². The van der Waals surface area contributed by atoms with Crippen LogP contribution in [0.3, 0.4) is 0 Å². The molecule has 0 spiro atoms. The maximum absolute atomic E-state index is 11.4. The smallest absolute Gasteiger partial charge is 0.407 e. The van der Waals surface area contributed by atoms with E-state index in [1.165, 1.54) is 4.90 Å². The maximum atomic E-state index is 11.4. The minimum Gasteiger partial charge on any atom is -0.465 e. The summed E-state index contributed by atoms with van der Waals surface area (Å²) in [5.74, 6) is 0.122. The summed E-state index contributed by atoms with van der Waals surface area (Å²) in [5.41, 5.74) is 0.933. The number of hydrogen-bond donors (Lipinski definition) is 1. The summed E-state index contributed by atoms with van der Waals surface area (Å²) in [6, 6.07) is 9.39. The minimum absolute atomic E-state index is 0.122. The summed E-state index contributed by atoms with van der Waals surface area (Å²) in [6.07, 6.45) is 0.652. The van der Waals surface area contributed by atoms with Gasteiger partial charge >= 0.3 is 6.09 Å². The van der Waals surface area contributed by atoms with E-state index in [-0.39, 0.29) is 12.3 Å². The molecule has 0 fully saturated rings. The van der Waals surface area contributed by atoms with Crippen molar-refractivity contribution in [3.8, 4) is 0 Å². The molecular weight excluding hydrogens is 230 g/mol. The second-order valence-electron chi connectivity index (χ2n) is 4.23. The fourth-order valence-corrected chi connectivity index (χ4v) is 1.71. The number of carbonyl (C=O) groups excluding carboxylic acids is 1. The van der Waals surface area contributed by atoms with Crippen molar-refractivity contribution in [2.24, 2.45) is 0 Å². The summed E-state index contributed by atoms with van der Waals surface area (Å²) < 4.78 is 0. The summed E-state index contributed by atoms with van der Waals surface area (Å²) in [4.78, 5) is 23.8. The van der Waals surface area contributed by atoms with Crippen molar-refractivity contribution in [2.75, 3.05) is 6.54 Å². The number of hydrogen-bond acceptors (Lipinski definition) is 2. The number of ketones is 1. The molecule has 4 heteroatoms. The molecular formula is C14H19NO3. The third-order valence-corrected chi connectivity index (χ3v) is 2.68. The Morgan fingerprint density at radius 2 is 1.83 bits per heavy atom. The zero-order chi connectivity index (χ0) is 13.4. The lowest BCUT2D eigenvalue weighted by Crippen LogP contribution is -2.31. The van der Waals surface area contributed by atoms with Crippen molar-refractivity contribution >= 4 is 11.9 Å². The van der Waals surface area contributed by atoms with Crippen LogP contribution in [0.5, 0.6) is 0 Å². The van der Waals surface area contributed by atoms with Gasteiger partial charge in [0.1, 0.15) is 5.78 Å². The highest BCUT2D eigenvalue weighted by atomic mass is 16.4. The van der Waals surface area contributed by atoms with Crippen molar-refractivity contribution in [1.82, 2.24) is 4.90 Å². The van der Waals surface area contributed by atoms with Gasteiger partial charge in [-0.05, 0) is 12.0 Å². The standard InChI is InChI=1S/C14H19NO3/c1-2-6-13(16)9-10-15(14(17)18)11-12-7-4-3-5-8-12/h3-5,7-8H,2,6,9-11H2,1H3,(H,17,18). The Morgan fingerprint density at radius 1 is 1.17 bits per heavy atom. The molecule has 1 rings (SSSR count). The molecule has 0 aliphatic heterocycles. The minimum atomic E-state index is -0.983. The molecule has 0 aliphatic rings. The summed E-state index contributed by atoms with van der Waals surface area (Å²) >= 11 is 0. The van der Waals surface area contributed by atoms with Crippen LogP contribution < -0.4 is 0 Å². The van der Waals surface area contributed by atoms with E-state index >= 15 is 0 Å². The largest absolute Gasteiger partial charge is 0.465 e. The third kappa shape index (κ3) is 4.99. The Morgan fingerprint density at radius 3 is 2.39 bits per heavy atom. The lowest BCUT2D eigenvalue weighted by molar-refractivity contribution is -0.119. The van der Waals surface area contributed by atoms with Gasteiger partial charge in [0.25, 0.3) is 0 Å². The molecule has 1 aromatic carbocycles. The number of nitrogens with zero attached hydrogens (tertiary/aromatic N) is 1. The quantitative estimate of drug-likeness (QED) is 0.808. The van der Waals surface area contributed by atoms with E-state index in [4.69, 9.17) is 5.11 Å². The molecule has 0 atom stereocenters. The van der Waals surface area contributed by atoms with Gasteiger partial charge in [0.05, 0.1) is 0 Å². The van der Waals surface area contributed by atoms with Gasteiger partial charge in [-0.25, -0.2) is 4.79 Å². The van der Waals surface area contributed by atoms with E-state index < -0.39 is 6.09 Å². The molecule has 0 unspecified atom stereocenters. The first-order valence-corrected chi connectivity index (χ1v) is 6.17. The fourth-order valence-electron chi connectivity index (χ4n) is 1.71. The molecule has 1 amide bonds. The molecule has 0 heterocycles. The zero-order valence-electron chi connectivity index (χ0n) is 10.6. The van der Waals surface area contributed by atoms with Crippen molar-refractivity contribution < 1.29 is 14.7 Å². The van der Waals surface area contributed by atoms with E-state index in [9.17, 15) is 9.59 Å². The Labute approximate surface area is 107 Å². The van der Waals surface area contributed by atoms with Crippen LogP contribution in [0.4, 0.5) is 4.79 Å². The number of benzene rings is 1. The van der Waals surface area contributed by atoms with Gasteiger partial charge in [-0.1, -0.05) is 37.3 Å². The number of carboxylic acid groups (broad SMARTS) is 1.